The molecule has 0 spiro atoms. The molecule has 2 aromatic rings. The zero-order valence-electron chi connectivity index (χ0n) is 15.0. The van der Waals surface area contributed by atoms with E-state index in [0.29, 0.717) is 12.1 Å². The molecule has 1 atom stereocenters. The molecular formula is C19H24N2O3S. The molecule has 1 amide bonds. The number of benzene rings is 1. The maximum atomic E-state index is 12.2. The Balaban J connectivity index is 1.92. The van der Waals surface area contributed by atoms with Gasteiger partial charge in [0.25, 0.3) is 0 Å². The van der Waals surface area contributed by atoms with Gasteiger partial charge in [-0.25, -0.2) is 4.98 Å². The van der Waals surface area contributed by atoms with E-state index < -0.39 is 11.9 Å². The normalized spacial score (nSPS) is 12.6. The van der Waals surface area contributed by atoms with Crippen LogP contribution in [-0.2, 0) is 27.8 Å². The molecule has 1 aromatic heterocycles. The molecule has 2 N–H and O–H groups in total. The molecule has 0 bridgehead atoms. The summed E-state index contributed by atoms with van der Waals surface area (Å²) in [6.45, 7) is 7.98. The second-order valence-electron chi connectivity index (χ2n) is 7.26. The van der Waals surface area contributed by atoms with E-state index >= 15 is 0 Å². The Hall–Kier alpha value is -2.21. The van der Waals surface area contributed by atoms with Gasteiger partial charge in [-0.15, -0.1) is 11.3 Å². The summed E-state index contributed by atoms with van der Waals surface area (Å²) in [4.78, 5) is 27.6. The Bertz CT molecular complexity index is 745. The average molecular weight is 360 g/mol. The Labute approximate surface area is 152 Å². The van der Waals surface area contributed by atoms with Crippen LogP contribution in [0, 0.1) is 5.92 Å². The minimum atomic E-state index is -0.810. The number of nitrogens with zero attached hydrogens (tertiary/aromatic N) is 1. The second-order valence-corrected chi connectivity index (χ2v) is 8.12. The van der Waals surface area contributed by atoms with Crippen molar-refractivity contribution < 1.29 is 14.7 Å². The Morgan fingerprint density at radius 1 is 1.24 bits per heavy atom. The van der Waals surface area contributed by atoms with Crippen LogP contribution in [0.5, 0.6) is 0 Å². The number of nitrogens with one attached hydrogen (secondary N) is 1. The van der Waals surface area contributed by atoms with Gasteiger partial charge in [-0.2, -0.15) is 0 Å². The van der Waals surface area contributed by atoms with Crippen LogP contribution >= 0.6 is 11.3 Å². The maximum absolute atomic E-state index is 12.2. The summed E-state index contributed by atoms with van der Waals surface area (Å²) in [5, 5.41) is 14.7. The van der Waals surface area contributed by atoms with E-state index in [1.807, 2.05) is 17.5 Å². The van der Waals surface area contributed by atoms with Crippen molar-refractivity contribution in [2.75, 3.05) is 5.32 Å². The number of carboxylic acids is 1. The van der Waals surface area contributed by atoms with Gasteiger partial charge in [0.15, 0.2) is 0 Å². The molecule has 0 radical (unpaired) electrons. The number of carbonyl (C=O) groups excluding carboxylic acids is 1. The third-order valence-corrected chi connectivity index (χ3v) is 5.05. The van der Waals surface area contributed by atoms with Gasteiger partial charge in [0.05, 0.1) is 23.0 Å². The lowest BCUT2D eigenvalue weighted by molar-refractivity contribution is -0.141. The zero-order valence-corrected chi connectivity index (χ0v) is 15.8. The van der Waals surface area contributed by atoms with E-state index in [4.69, 9.17) is 5.11 Å². The van der Waals surface area contributed by atoms with Crippen molar-refractivity contribution >= 4 is 28.9 Å². The Kier molecular flexibility index (Phi) is 5.95. The van der Waals surface area contributed by atoms with E-state index in [2.05, 4.69) is 31.1 Å². The molecule has 0 saturated carbocycles. The fourth-order valence-corrected chi connectivity index (χ4v) is 3.17. The highest BCUT2D eigenvalue weighted by atomic mass is 32.1. The highest BCUT2D eigenvalue weighted by Gasteiger charge is 2.19. The molecule has 0 aliphatic heterocycles. The standard InChI is InChI=1S/C19H24N2O3S/c1-12(17(23)24)9-13-5-7-14(8-6-13)20-16(22)10-15-11-25-18(21-15)19(2,3)4/h5-8,11-12H,9-10H2,1-4H3,(H,20,22)(H,23,24). The summed E-state index contributed by atoms with van der Waals surface area (Å²) in [5.41, 5.74) is 2.40. The monoisotopic (exact) mass is 360 g/mol. The van der Waals surface area contributed by atoms with Crippen molar-refractivity contribution in [2.45, 2.75) is 46.0 Å². The third-order valence-electron chi connectivity index (χ3n) is 3.74. The van der Waals surface area contributed by atoms with Gasteiger partial charge in [-0.3, -0.25) is 9.59 Å². The number of anilines is 1. The number of aliphatic carboxylic acids is 1. The quantitative estimate of drug-likeness (QED) is 0.819. The second kappa shape index (κ2) is 7.78. The first-order chi connectivity index (χ1) is 11.6. The topological polar surface area (TPSA) is 79.3 Å². The smallest absolute Gasteiger partial charge is 0.306 e. The fourth-order valence-electron chi connectivity index (χ4n) is 2.27. The van der Waals surface area contributed by atoms with Crippen molar-refractivity contribution in [1.29, 1.82) is 0 Å². The lowest BCUT2D eigenvalue weighted by atomic mass is 9.98. The van der Waals surface area contributed by atoms with Crippen LogP contribution in [0.3, 0.4) is 0 Å². The summed E-state index contributed by atoms with van der Waals surface area (Å²) in [5.74, 6) is -1.35. The van der Waals surface area contributed by atoms with Gasteiger partial charge in [0.1, 0.15) is 0 Å². The first-order valence-corrected chi connectivity index (χ1v) is 9.09. The minimum Gasteiger partial charge on any atom is -0.481 e. The molecule has 5 nitrogen and oxygen atoms in total. The van der Waals surface area contributed by atoms with E-state index in [0.717, 1.165) is 16.3 Å². The van der Waals surface area contributed by atoms with E-state index in [1.165, 1.54) is 0 Å². The molecule has 1 heterocycles. The van der Waals surface area contributed by atoms with Crippen LogP contribution in [0.15, 0.2) is 29.6 Å². The number of thiazole rings is 1. The van der Waals surface area contributed by atoms with Crippen molar-refractivity contribution in [3.63, 3.8) is 0 Å². The molecule has 6 heteroatoms. The lowest BCUT2D eigenvalue weighted by Gasteiger charge is -2.13. The molecule has 1 aromatic carbocycles. The number of amides is 1. The van der Waals surface area contributed by atoms with Gasteiger partial charge < -0.3 is 10.4 Å². The van der Waals surface area contributed by atoms with Crippen LogP contribution in [0.25, 0.3) is 0 Å². The van der Waals surface area contributed by atoms with Gasteiger partial charge in [-0.1, -0.05) is 39.8 Å². The highest BCUT2D eigenvalue weighted by Crippen LogP contribution is 2.25. The molecule has 1 unspecified atom stereocenters. The minimum absolute atomic E-state index is 0.0116. The molecule has 0 aliphatic carbocycles. The van der Waals surface area contributed by atoms with E-state index in [9.17, 15) is 9.59 Å². The highest BCUT2D eigenvalue weighted by molar-refractivity contribution is 7.09. The molecule has 0 aliphatic rings. The first-order valence-electron chi connectivity index (χ1n) is 8.21. The van der Waals surface area contributed by atoms with Crippen molar-refractivity contribution in [3.05, 3.63) is 45.9 Å². The number of hydrogen-bond donors (Lipinski definition) is 2. The molecular weight excluding hydrogens is 336 g/mol. The molecule has 134 valence electrons. The van der Waals surface area contributed by atoms with E-state index in [1.54, 1.807) is 30.4 Å². The van der Waals surface area contributed by atoms with Crippen molar-refractivity contribution in [3.8, 4) is 0 Å². The average Bonchev–Trinajstić information content (AvgIpc) is 2.97. The molecule has 0 fully saturated rings. The fraction of sp³-hybridized carbons (Fsp3) is 0.421. The molecule has 25 heavy (non-hydrogen) atoms. The first kappa shape index (κ1) is 19.1. The number of hydrogen-bond acceptors (Lipinski definition) is 4. The summed E-state index contributed by atoms with van der Waals surface area (Å²) in [7, 11) is 0. The number of carbonyl (C=O) groups is 2. The van der Waals surface area contributed by atoms with Crippen LogP contribution in [0.4, 0.5) is 5.69 Å². The SMILES string of the molecule is CC(Cc1ccc(NC(=O)Cc2csc(C(C)(C)C)n2)cc1)C(=O)O. The zero-order chi connectivity index (χ0) is 18.6. The van der Waals surface area contributed by atoms with Crippen LogP contribution in [-0.4, -0.2) is 22.0 Å². The van der Waals surface area contributed by atoms with Gasteiger partial charge in [0, 0.05) is 16.5 Å². The largest absolute Gasteiger partial charge is 0.481 e. The summed E-state index contributed by atoms with van der Waals surface area (Å²) < 4.78 is 0. The number of aromatic nitrogens is 1. The predicted molar refractivity (Wildman–Crippen MR) is 100 cm³/mol. The van der Waals surface area contributed by atoms with Gasteiger partial charge >= 0.3 is 5.97 Å². The number of carboxylic acid groups (broad SMARTS) is 1. The lowest BCUT2D eigenvalue weighted by Crippen LogP contribution is -2.16. The predicted octanol–water partition coefficient (Wildman–Crippen LogP) is 3.89. The van der Waals surface area contributed by atoms with Crippen molar-refractivity contribution in [2.24, 2.45) is 5.92 Å². The van der Waals surface area contributed by atoms with E-state index in [-0.39, 0.29) is 17.7 Å². The van der Waals surface area contributed by atoms with Crippen molar-refractivity contribution in [1.82, 2.24) is 4.98 Å². The van der Waals surface area contributed by atoms with Crippen LogP contribution in [0.2, 0.25) is 0 Å². The van der Waals surface area contributed by atoms with Crippen LogP contribution < -0.4 is 5.32 Å². The Morgan fingerprint density at radius 3 is 2.40 bits per heavy atom. The summed E-state index contributed by atoms with van der Waals surface area (Å²) >= 11 is 1.58. The maximum Gasteiger partial charge on any atom is 0.306 e. The van der Waals surface area contributed by atoms with Gasteiger partial charge in [-0.05, 0) is 24.1 Å². The third kappa shape index (κ3) is 5.67. The summed E-state index contributed by atoms with van der Waals surface area (Å²) in [6, 6.07) is 7.28. The van der Waals surface area contributed by atoms with Gasteiger partial charge in [0.2, 0.25) is 5.91 Å². The Morgan fingerprint density at radius 2 is 1.88 bits per heavy atom. The summed E-state index contributed by atoms with van der Waals surface area (Å²) in [6.07, 6.45) is 0.711. The molecule has 2 rings (SSSR count). The number of rotatable bonds is 6. The molecule has 0 saturated heterocycles. The van der Waals surface area contributed by atoms with Crippen LogP contribution in [0.1, 0.15) is 44.0 Å².